The minimum atomic E-state index is -0.212. The van der Waals surface area contributed by atoms with Gasteiger partial charge in [-0.25, -0.2) is 0 Å². The molecule has 0 heterocycles. The van der Waals surface area contributed by atoms with Crippen molar-refractivity contribution in [2.24, 2.45) is 5.92 Å². The van der Waals surface area contributed by atoms with Crippen LogP contribution in [0.1, 0.15) is 38.2 Å². The first-order chi connectivity index (χ1) is 11.6. The highest BCUT2D eigenvalue weighted by Crippen LogP contribution is 2.33. The van der Waals surface area contributed by atoms with Gasteiger partial charge in [-0.3, -0.25) is 4.79 Å². The zero-order valence-electron chi connectivity index (χ0n) is 14.2. The maximum atomic E-state index is 11.4. The molecule has 2 aromatic carbocycles. The largest absolute Gasteiger partial charge is 0.489 e. The molecular formula is C20H23IO3. The van der Waals surface area contributed by atoms with E-state index in [2.05, 4.69) is 53.8 Å². The zero-order chi connectivity index (χ0) is 17.1. The van der Waals surface area contributed by atoms with Crippen LogP contribution in [0, 0.1) is 9.49 Å². The summed E-state index contributed by atoms with van der Waals surface area (Å²) in [7, 11) is 1.42. The van der Waals surface area contributed by atoms with Gasteiger partial charge in [0.2, 0.25) is 0 Å². The van der Waals surface area contributed by atoms with E-state index < -0.39 is 0 Å². The van der Waals surface area contributed by atoms with Crippen molar-refractivity contribution in [2.45, 2.75) is 45.1 Å². The molecule has 3 rings (SSSR count). The quantitative estimate of drug-likeness (QED) is 0.491. The van der Waals surface area contributed by atoms with E-state index in [0.717, 1.165) is 39.0 Å². The maximum Gasteiger partial charge on any atom is 0.309 e. The van der Waals surface area contributed by atoms with Crippen LogP contribution in [0.5, 0.6) is 5.75 Å². The van der Waals surface area contributed by atoms with Gasteiger partial charge >= 0.3 is 5.97 Å². The molecule has 128 valence electrons. The molecule has 1 aliphatic carbocycles. The third-order valence-electron chi connectivity index (χ3n) is 4.82. The molecule has 0 atom stereocenters. The van der Waals surface area contributed by atoms with Crippen LogP contribution in [0.4, 0.5) is 0 Å². The monoisotopic (exact) mass is 438 g/mol. The number of fused-ring (bicyclic) bond motifs is 1. The Morgan fingerprint density at radius 1 is 1.17 bits per heavy atom. The Morgan fingerprint density at radius 3 is 2.62 bits per heavy atom. The van der Waals surface area contributed by atoms with Crippen molar-refractivity contribution in [1.29, 1.82) is 0 Å². The highest BCUT2D eigenvalue weighted by molar-refractivity contribution is 14.1. The minimum absolute atomic E-state index is 0.212. The van der Waals surface area contributed by atoms with Gasteiger partial charge in [0.1, 0.15) is 5.75 Å². The molecule has 1 fully saturated rings. The number of rotatable bonds is 4. The van der Waals surface area contributed by atoms with Crippen molar-refractivity contribution in [3.05, 3.63) is 39.5 Å². The van der Waals surface area contributed by atoms with Crippen molar-refractivity contribution < 1.29 is 14.3 Å². The topological polar surface area (TPSA) is 35.5 Å². The van der Waals surface area contributed by atoms with E-state index in [1.165, 1.54) is 25.3 Å². The van der Waals surface area contributed by atoms with E-state index in [1.54, 1.807) is 0 Å². The third kappa shape index (κ3) is 4.02. The van der Waals surface area contributed by atoms with Gasteiger partial charge in [0.25, 0.3) is 0 Å². The van der Waals surface area contributed by atoms with E-state index in [0.29, 0.717) is 12.5 Å². The van der Waals surface area contributed by atoms with Crippen LogP contribution in [0.2, 0.25) is 0 Å². The molecule has 0 spiro atoms. The fraction of sp³-hybridized carbons (Fsp3) is 0.450. The Labute approximate surface area is 156 Å². The van der Waals surface area contributed by atoms with Gasteiger partial charge in [-0.2, -0.15) is 0 Å². The predicted molar refractivity (Wildman–Crippen MR) is 104 cm³/mol. The van der Waals surface area contributed by atoms with Crippen molar-refractivity contribution in [1.82, 2.24) is 0 Å². The van der Waals surface area contributed by atoms with Gasteiger partial charge in [0.15, 0.2) is 0 Å². The van der Waals surface area contributed by atoms with Crippen molar-refractivity contribution in [3.8, 4) is 5.75 Å². The molecule has 0 bridgehead atoms. The molecule has 0 aromatic heterocycles. The van der Waals surface area contributed by atoms with Crippen LogP contribution in [0.15, 0.2) is 30.3 Å². The number of methoxy groups -OCH3 is 1. The molecule has 0 aliphatic heterocycles. The number of carbonyl (C=O) groups is 1. The van der Waals surface area contributed by atoms with Crippen LogP contribution >= 0.6 is 22.6 Å². The lowest BCUT2D eigenvalue weighted by atomic mass is 9.89. The first kappa shape index (κ1) is 17.5. The Balaban J connectivity index is 1.80. The molecule has 1 aliphatic rings. The highest BCUT2D eigenvalue weighted by Gasteiger charge is 2.20. The van der Waals surface area contributed by atoms with Crippen LogP contribution in [-0.4, -0.2) is 19.2 Å². The molecule has 0 amide bonds. The Hall–Kier alpha value is -1.30. The first-order valence-corrected chi connectivity index (χ1v) is 9.59. The molecule has 2 aromatic rings. The third-order valence-corrected chi connectivity index (χ3v) is 5.93. The molecule has 0 N–H and O–H groups in total. The summed E-state index contributed by atoms with van der Waals surface area (Å²) < 4.78 is 12.2. The molecule has 24 heavy (non-hydrogen) atoms. The predicted octanol–water partition coefficient (Wildman–Crippen LogP) is 5.12. The smallest absolute Gasteiger partial charge is 0.309 e. The lowest BCUT2D eigenvalue weighted by molar-refractivity contribution is -0.139. The van der Waals surface area contributed by atoms with Crippen LogP contribution < -0.4 is 4.74 Å². The molecule has 1 saturated carbocycles. The number of ether oxygens (including phenoxy) is 2. The molecular weight excluding hydrogens is 415 g/mol. The normalized spacial score (nSPS) is 20.8. The summed E-state index contributed by atoms with van der Waals surface area (Å²) in [6, 6.07) is 10.3. The number of benzene rings is 2. The van der Waals surface area contributed by atoms with Gasteiger partial charge < -0.3 is 9.47 Å². The van der Waals surface area contributed by atoms with Gasteiger partial charge in [-0.15, -0.1) is 0 Å². The number of halogens is 1. The second kappa shape index (κ2) is 7.72. The molecule has 0 unspecified atom stereocenters. The Kier molecular flexibility index (Phi) is 5.64. The van der Waals surface area contributed by atoms with Gasteiger partial charge in [0.05, 0.1) is 23.2 Å². The summed E-state index contributed by atoms with van der Waals surface area (Å²) in [5, 5.41) is 2.30. The summed E-state index contributed by atoms with van der Waals surface area (Å²) in [5.41, 5.74) is 0.972. The Morgan fingerprint density at radius 2 is 1.92 bits per heavy atom. The molecule has 3 nitrogen and oxygen atoms in total. The van der Waals surface area contributed by atoms with E-state index in [9.17, 15) is 4.79 Å². The fourth-order valence-electron chi connectivity index (χ4n) is 3.29. The minimum Gasteiger partial charge on any atom is -0.489 e. The summed E-state index contributed by atoms with van der Waals surface area (Å²) in [4.78, 5) is 11.4. The molecule has 4 heteroatoms. The second-order valence-electron chi connectivity index (χ2n) is 6.69. The average Bonchev–Trinajstić information content (AvgIpc) is 2.59. The van der Waals surface area contributed by atoms with Crippen LogP contribution in [-0.2, 0) is 16.0 Å². The molecule has 0 saturated heterocycles. The van der Waals surface area contributed by atoms with E-state index in [1.807, 2.05) is 6.07 Å². The SMILES string of the molecule is COC(=O)Cc1ccc2c(I)c(O[C@H]3CC[C@@H](C)CC3)ccc2c1. The summed E-state index contributed by atoms with van der Waals surface area (Å²) in [6.07, 6.45) is 5.45. The van der Waals surface area contributed by atoms with Gasteiger partial charge in [-0.05, 0) is 76.6 Å². The number of hydrogen-bond donors (Lipinski definition) is 0. The maximum absolute atomic E-state index is 11.4. The van der Waals surface area contributed by atoms with Crippen molar-refractivity contribution in [2.75, 3.05) is 7.11 Å². The zero-order valence-corrected chi connectivity index (χ0v) is 16.3. The lowest BCUT2D eigenvalue weighted by Gasteiger charge is -2.27. The average molecular weight is 438 g/mol. The Bertz CT molecular complexity index is 733. The van der Waals surface area contributed by atoms with Crippen LogP contribution in [0.25, 0.3) is 10.8 Å². The fourth-order valence-corrected chi connectivity index (χ4v) is 4.09. The summed E-state index contributed by atoms with van der Waals surface area (Å²) >= 11 is 2.37. The number of hydrogen-bond acceptors (Lipinski definition) is 3. The highest BCUT2D eigenvalue weighted by atomic mass is 127. The number of esters is 1. The lowest BCUT2D eigenvalue weighted by Crippen LogP contribution is -2.23. The second-order valence-corrected chi connectivity index (χ2v) is 7.76. The van der Waals surface area contributed by atoms with Gasteiger partial charge in [-0.1, -0.05) is 31.2 Å². The first-order valence-electron chi connectivity index (χ1n) is 8.51. The van der Waals surface area contributed by atoms with Crippen molar-refractivity contribution in [3.63, 3.8) is 0 Å². The summed E-state index contributed by atoms with van der Waals surface area (Å²) in [5.74, 6) is 1.59. The summed E-state index contributed by atoms with van der Waals surface area (Å²) in [6.45, 7) is 2.32. The van der Waals surface area contributed by atoms with E-state index >= 15 is 0 Å². The standard InChI is InChI=1S/C20H23IO3/c1-13-3-7-16(8-4-13)24-18-10-6-15-11-14(12-19(22)23-2)5-9-17(15)20(18)21/h5-6,9-11,13,16H,3-4,7-8,12H2,1-2H3/t13-,16+. The number of carbonyl (C=O) groups excluding carboxylic acids is 1. The van der Waals surface area contributed by atoms with Gasteiger partial charge in [0, 0.05) is 0 Å². The van der Waals surface area contributed by atoms with Crippen molar-refractivity contribution >= 4 is 39.3 Å². The van der Waals surface area contributed by atoms with E-state index in [-0.39, 0.29) is 5.97 Å². The van der Waals surface area contributed by atoms with Crippen LogP contribution in [0.3, 0.4) is 0 Å². The molecule has 0 radical (unpaired) electrons. The van der Waals surface area contributed by atoms with E-state index in [4.69, 9.17) is 9.47 Å².